The van der Waals surface area contributed by atoms with Crippen LogP contribution in [0.1, 0.15) is 16.8 Å². The van der Waals surface area contributed by atoms with E-state index in [-0.39, 0.29) is 5.78 Å². The maximum absolute atomic E-state index is 12.4. The highest BCUT2D eigenvalue weighted by molar-refractivity contribution is 5.96. The molecule has 0 spiro atoms. The van der Waals surface area contributed by atoms with Gasteiger partial charge in [0.05, 0.1) is 13.2 Å². The van der Waals surface area contributed by atoms with Gasteiger partial charge >= 0.3 is 0 Å². The van der Waals surface area contributed by atoms with Crippen molar-refractivity contribution in [3.05, 3.63) is 60.2 Å². The highest BCUT2D eigenvalue weighted by Gasteiger charge is 2.13. The molecule has 1 heterocycles. The van der Waals surface area contributed by atoms with Gasteiger partial charge in [-0.15, -0.1) is 0 Å². The monoisotopic (exact) mass is 311 g/mol. The summed E-state index contributed by atoms with van der Waals surface area (Å²) < 4.78 is 11.1. The molecule has 0 saturated carbocycles. The first-order valence-electron chi connectivity index (χ1n) is 7.97. The SMILES string of the molecule is O=C(CCN1CCOCC1)c1cccc(Oc2ccccc2)c1. The molecule has 2 aromatic carbocycles. The summed E-state index contributed by atoms with van der Waals surface area (Å²) in [6.07, 6.45) is 0.523. The van der Waals surface area contributed by atoms with Crippen molar-refractivity contribution < 1.29 is 14.3 Å². The number of nitrogens with zero attached hydrogens (tertiary/aromatic N) is 1. The molecule has 0 N–H and O–H groups in total. The Bertz CT molecular complexity index is 636. The number of carbonyl (C=O) groups is 1. The first-order valence-corrected chi connectivity index (χ1v) is 7.97. The van der Waals surface area contributed by atoms with Crippen LogP contribution in [0.4, 0.5) is 0 Å². The van der Waals surface area contributed by atoms with Crippen LogP contribution in [0.2, 0.25) is 0 Å². The van der Waals surface area contributed by atoms with Crippen LogP contribution in [-0.4, -0.2) is 43.5 Å². The van der Waals surface area contributed by atoms with Gasteiger partial charge in [-0.3, -0.25) is 9.69 Å². The van der Waals surface area contributed by atoms with Crippen molar-refractivity contribution in [3.8, 4) is 11.5 Å². The first-order chi connectivity index (χ1) is 11.3. The van der Waals surface area contributed by atoms with E-state index in [9.17, 15) is 4.79 Å². The largest absolute Gasteiger partial charge is 0.457 e. The van der Waals surface area contributed by atoms with E-state index in [0.717, 1.165) is 38.6 Å². The van der Waals surface area contributed by atoms with Crippen molar-refractivity contribution >= 4 is 5.78 Å². The van der Waals surface area contributed by atoms with Gasteiger partial charge < -0.3 is 9.47 Å². The Morgan fingerprint density at radius 1 is 1.00 bits per heavy atom. The molecule has 1 fully saturated rings. The van der Waals surface area contributed by atoms with Crippen molar-refractivity contribution in [3.63, 3.8) is 0 Å². The lowest BCUT2D eigenvalue weighted by Crippen LogP contribution is -2.37. The summed E-state index contributed by atoms with van der Waals surface area (Å²) in [6, 6.07) is 17.0. The fourth-order valence-electron chi connectivity index (χ4n) is 2.59. The molecule has 0 amide bonds. The fourth-order valence-corrected chi connectivity index (χ4v) is 2.59. The number of benzene rings is 2. The zero-order valence-corrected chi connectivity index (χ0v) is 13.1. The summed E-state index contributed by atoms with van der Waals surface area (Å²) in [6.45, 7) is 4.12. The number of hydrogen-bond donors (Lipinski definition) is 0. The van der Waals surface area contributed by atoms with Gasteiger partial charge in [0, 0.05) is 31.6 Å². The highest BCUT2D eigenvalue weighted by Crippen LogP contribution is 2.22. The normalized spacial score (nSPS) is 15.3. The molecule has 0 aromatic heterocycles. The lowest BCUT2D eigenvalue weighted by Gasteiger charge is -2.26. The van der Waals surface area contributed by atoms with E-state index in [0.29, 0.717) is 17.7 Å². The Balaban J connectivity index is 1.58. The van der Waals surface area contributed by atoms with Crippen molar-refractivity contribution in [2.45, 2.75) is 6.42 Å². The minimum Gasteiger partial charge on any atom is -0.457 e. The minimum atomic E-state index is 0.148. The van der Waals surface area contributed by atoms with Crippen LogP contribution in [0.25, 0.3) is 0 Å². The summed E-state index contributed by atoms with van der Waals surface area (Å²) in [7, 11) is 0. The van der Waals surface area contributed by atoms with Gasteiger partial charge in [0.1, 0.15) is 11.5 Å². The van der Waals surface area contributed by atoms with E-state index in [1.807, 2.05) is 54.6 Å². The second kappa shape index (κ2) is 7.90. The first kappa shape index (κ1) is 15.7. The minimum absolute atomic E-state index is 0.148. The number of para-hydroxylation sites is 1. The summed E-state index contributed by atoms with van der Waals surface area (Å²) >= 11 is 0. The van der Waals surface area contributed by atoms with Crippen LogP contribution in [0, 0.1) is 0 Å². The molecule has 0 radical (unpaired) electrons. The number of ketones is 1. The molecule has 0 bridgehead atoms. The lowest BCUT2D eigenvalue weighted by atomic mass is 10.1. The van der Waals surface area contributed by atoms with Gasteiger partial charge in [-0.25, -0.2) is 0 Å². The number of Topliss-reactive ketones (excluding diaryl/α,β-unsaturated/α-hetero) is 1. The molecule has 2 aromatic rings. The maximum Gasteiger partial charge on any atom is 0.164 e. The number of hydrogen-bond acceptors (Lipinski definition) is 4. The Morgan fingerprint density at radius 2 is 1.74 bits per heavy atom. The standard InChI is InChI=1S/C19H21NO3/c21-19(9-10-20-11-13-22-14-12-20)16-5-4-8-18(15-16)23-17-6-2-1-3-7-17/h1-8,15H,9-14H2. The van der Waals surface area contributed by atoms with Crippen molar-refractivity contribution in [2.75, 3.05) is 32.8 Å². The van der Waals surface area contributed by atoms with E-state index in [1.165, 1.54) is 0 Å². The zero-order chi connectivity index (χ0) is 15.9. The molecule has 1 aliphatic heterocycles. The maximum atomic E-state index is 12.4. The number of rotatable bonds is 6. The third kappa shape index (κ3) is 4.65. The molecule has 4 nitrogen and oxygen atoms in total. The molecule has 0 unspecified atom stereocenters. The molecule has 120 valence electrons. The van der Waals surface area contributed by atoms with Crippen LogP contribution in [0.15, 0.2) is 54.6 Å². The molecule has 1 saturated heterocycles. The molecule has 3 rings (SSSR count). The second-order valence-electron chi connectivity index (χ2n) is 5.57. The third-order valence-corrected chi connectivity index (χ3v) is 3.89. The van der Waals surface area contributed by atoms with Crippen molar-refractivity contribution in [1.29, 1.82) is 0 Å². The van der Waals surface area contributed by atoms with Gasteiger partial charge in [-0.2, -0.15) is 0 Å². The van der Waals surface area contributed by atoms with Crippen LogP contribution >= 0.6 is 0 Å². The van der Waals surface area contributed by atoms with E-state index >= 15 is 0 Å². The predicted octanol–water partition coefficient (Wildman–Crippen LogP) is 3.38. The van der Waals surface area contributed by atoms with Gasteiger partial charge in [0.15, 0.2) is 5.78 Å². The summed E-state index contributed by atoms with van der Waals surface area (Å²) in [5.41, 5.74) is 0.701. The average Bonchev–Trinajstić information content (AvgIpc) is 2.62. The van der Waals surface area contributed by atoms with Gasteiger partial charge in [-0.05, 0) is 24.3 Å². The third-order valence-electron chi connectivity index (χ3n) is 3.89. The number of morpholine rings is 1. The summed E-state index contributed by atoms with van der Waals surface area (Å²) in [4.78, 5) is 14.6. The average molecular weight is 311 g/mol. The van der Waals surface area contributed by atoms with E-state index in [2.05, 4.69) is 4.90 Å². The molecule has 4 heteroatoms. The highest BCUT2D eigenvalue weighted by atomic mass is 16.5. The predicted molar refractivity (Wildman–Crippen MR) is 89.2 cm³/mol. The number of ether oxygens (including phenoxy) is 2. The topological polar surface area (TPSA) is 38.8 Å². The van der Waals surface area contributed by atoms with Crippen LogP contribution in [-0.2, 0) is 4.74 Å². The summed E-state index contributed by atoms with van der Waals surface area (Å²) in [5.74, 6) is 1.61. The van der Waals surface area contributed by atoms with Crippen LogP contribution < -0.4 is 4.74 Å². The Kier molecular flexibility index (Phi) is 5.40. The van der Waals surface area contributed by atoms with Crippen LogP contribution in [0.5, 0.6) is 11.5 Å². The van der Waals surface area contributed by atoms with E-state index in [1.54, 1.807) is 0 Å². The fraction of sp³-hybridized carbons (Fsp3) is 0.316. The van der Waals surface area contributed by atoms with Gasteiger partial charge in [0.25, 0.3) is 0 Å². The van der Waals surface area contributed by atoms with E-state index < -0.39 is 0 Å². The second-order valence-corrected chi connectivity index (χ2v) is 5.57. The van der Waals surface area contributed by atoms with Gasteiger partial charge in [-0.1, -0.05) is 30.3 Å². The quantitative estimate of drug-likeness (QED) is 0.767. The zero-order valence-electron chi connectivity index (χ0n) is 13.1. The van der Waals surface area contributed by atoms with Crippen molar-refractivity contribution in [2.24, 2.45) is 0 Å². The molecule has 23 heavy (non-hydrogen) atoms. The van der Waals surface area contributed by atoms with Crippen molar-refractivity contribution in [1.82, 2.24) is 4.90 Å². The lowest BCUT2D eigenvalue weighted by molar-refractivity contribution is 0.0370. The van der Waals surface area contributed by atoms with Crippen LogP contribution in [0.3, 0.4) is 0 Å². The van der Waals surface area contributed by atoms with E-state index in [4.69, 9.17) is 9.47 Å². The number of carbonyl (C=O) groups excluding carboxylic acids is 1. The Labute approximate surface area is 136 Å². The molecule has 0 atom stereocenters. The summed E-state index contributed by atoms with van der Waals surface area (Å²) in [5, 5.41) is 0. The molecular weight excluding hydrogens is 290 g/mol. The molecule has 0 aliphatic carbocycles. The Hall–Kier alpha value is -2.17. The molecular formula is C19H21NO3. The Morgan fingerprint density at radius 3 is 2.52 bits per heavy atom. The molecule has 1 aliphatic rings. The van der Waals surface area contributed by atoms with Gasteiger partial charge in [0.2, 0.25) is 0 Å². The smallest absolute Gasteiger partial charge is 0.164 e.